The van der Waals surface area contributed by atoms with E-state index in [4.69, 9.17) is 5.21 Å². The van der Waals surface area contributed by atoms with Crippen LogP contribution in [0.2, 0.25) is 0 Å². The minimum Gasteiger partial charge on any atom is -0.177 e. The third-order valence-corrected chi connectivity index (χ3v) is 0.356. The summed E-state index contributed by atoms with van der Waals surface area (Å²) >= 11 is 0. The number of rotatable bonds is 1. The fraction of sp³-hybridized carbons (Fsp3) is 0.500. The highest BCUT2D eigenvalue weighted by atomic mass is 16.6. The Kier molecular flexibility index (Phi) is 4.59. The molecule has 0 aromatic carbocycles. The van der Waals surface area contributed by atoms with Crippen molar-refractivity contribution in [3.63, 3.8) is 0 Å². The van der Waals surface area contributed by atoms with Gasteiger partial charge in [0.2, 0.25) is 10.0 Å². The molecule has 0 aliphatic heterocycles. The quantitative estimate of drug-likeness (QED) is 0.407. The lowest BCUT2D eigenvalue weighted by Crippen LogP contribution is -1.75. The van der Waals surface area contributed by atoms with Crippen molar-refractivity contribution in [3.8, 4) is 12.1 Å². The van der Waals surface area contributed by atoms with Crippen LogP contribution in [0.1, 0.15) is 6.92 Å². The first-order valence-corrected chi connectivity index (χ1v) is 1.97. The van der Waals surface area contributed by atoms with E-state index >= 15 is 0 Å². The molecule has 0 aromatic rings. The van der Waals surface area contributed by atoms with Crippen LogP contribution in [0.15, 0.2) is 0 Å². The highest BCUT2D eigenvalue weighted by Crippen LogP contribution is 1.71. The molecule has 0 unspecified atom stereocenters. The van der Waals surface area contributed by atoms with Gasteiger partial charge in [0.05, 0.1) is 6.92 Å². The van der Waals surface area contributed by atoms with Crippen LogP contribution < -0.4 is 0 Å². The number of hydrogen-bond acceptors (Lipinski definition) is 2. The molecular formula is C4H6N2O2+2. The summed E-state index contributed by atoms with van der Waals surface area (Å²) in [4.78, 5) is 4.37. The topological polar surface area (TPSA) is 38.2 Å². The van der Waals surface area contributed by atoms with E-state index in [1.54, 1.807) is 6.92 Å². The van der Waals surface area contributed by atoms with Crippen molar-refractivity contribution in [2.75, 3.05) is 6.61 Å². The lowest BCUT2D eigenvalue weighted by atomic mass is 10.8. The van der Waals surface area contributed by atoms with Gasteiger partial charge in [-0.15, -0.1) is 4.84 Å². The van der Waals surface area contributed by atoms with Crippen molar-refractivity contribution in [3.05, 3.63) is 10.0 Å². The normalized spacial score (nSPS) is 5.12. The Morgan fingerprint density at radius 2 is 2.50 bits per heavy atom. The summed E-state index contributed by atoms with van der Waals surface area (Å²) in [6.45, 7) is 1.65. The maximum atomic E-state index is 7.74. The molecule has 0 radical (unpaired) electrons. The predicted octanol–water partition coefficient (Wildman–Crippen LogP) is 0.993. The minimum atomic E-state index is 0.0529. The number of nitrogens with zero attached hydrogens (tertiary/aromatic N) is 2. The third-order valence-electron chi connectivity index (χ3n) is 0.356. The van der Waals surface area contributed by atoms with E-state index in [1.165, 1.54) is 0 Å². The second-order valence-electron chi connectivity index (χ2n) is 0.846. The smallest absolute Gasteiger partial charge is 0.177 e. The van der Waals surface area contributed by atoms with Crippen LogP contribution >= 0.6 is 0 Å². The van der Waals surface area contributed by atoms with Crippen LogP contribution in [0.25, 0.3) is 10.0 Å². The Bertz CT molecular complexity index is 136. The van der Waals surface area contributed by atoms with E-state index in [0.29, 0.717) is 0 Å². The first-order chi connectivity index (χ1) is 3.91. The van der Waals surface area contributed by atoms with Crippen LogP contribution in [0, 0.1) is 12.1 Å². The van der Waals surface area contributed by atoms with Gasteiger partial charge in [-0.3, -0.25) is 0 Å². The second-order valence-corrected chi connectivity index (χ2v) is 0.846. The molecule has 0 saturated carbocycles. The third kappa shape index (κ3) is 4.58. The van der Waals surface area contributed by atoms with Gasteiger partial charge in [0, 0.05) is 0 Å². The van der Waals surface area contributed by atoms with E-state index < -0.39 is 0 Å². The van der Waals surface area contributed by atoms with Crippen LogP contribution in [0.4, 0.5) is 0 Å². The van der Waals surface area contributed by atoms with Crippen LogP contribution in [-0.2, 0) is 4.84 Å². The van der Waals surface area contributed by atoms with Gasteiger partial charge in [0.15, 0.2) is 0 Å². The highest BCUT2D eigenvalue weighted by Gasteiger charge is 1.90. The van der Waals surface area contributed by atoms with Crippen LogP contribution in [-0.4, -0.2) is 11.8 Å². The SMILES string of the molecule is CC#[N+]OCC#[N+]O. The molecule has 0 aliphatic carbocycles. The molecule has 4 nitrogen and oxygen atoms in total. The monoisotopic (exact) mass is 114 g/mol. The summed E-state index contributed by atoms with van der Waals surface area (Å²) in [5.41, 5.74) is 0. The van der Waals surface area contributed by atoms with Gasteiger partial charge in [0.1, 0.15) is 0 Å². The molecule has 8 heavy (non-hydrogen) atoms. The van der Waals surface area contributed by atoms with Gasteiger partial charge in [-0.1, -0.05) is 0 Å². The van der Waals surface area contributed by atoms with Gasteiger partial charge in [-0.25, -0.2) is 0 Å². The molecule has 0 amide bonds. The van der Waals surface area contributed by atoms with Crippen molar-refractivity contribution < 1.29 is 10.0 Å². The molecule has 0 aromatic heterocycles. The summed E-state index contributed by atoms with van der Waals surface area (Å²) in [6, 6.07) is 4.47. The highest BCUT2D eigenvalue weighted by molar-refractivity contribution is 4.80. The molecule has 0 aliphatic rings. The first kappa shape index (κ1) is 6.58. The molecule has 0 atom stereocenters. The molecule has 0 bridgehead atoms. The average Bonchev–Trinajstić information content (AvgIpc) is 1.81. The van der Waals surface area contributed by atoms with Crippen LogP contribution in [0.5, 0.6) is 0 Å². The van der Waals surface area contributed by atoms with Gasteiger partial charge in [-0.2, -0.15) is 5.21 Å². The molecule has 42 valence electrons. The Balaban J connectivity index is 3.10. The van der Waals surface area contributed by atoms with Crippen molar-refractivity contribution in [1.82, 2.24) is 0 Å². The molecule has 1 N–H and O–H groups in total. The molecule has 0 rings (SSSR count). The van der Waals surface area contributed by atoms with Crippen LogP contribution in [0.3, 0.4) is 0 Å². The Morgan fingerprint density at radius 1 is 1.75 bits per heavy atom. The van der Waals surface area contributed by atoms with Gasteiger partial charge in [0.25, 0.3) is 0 Å². The Hall–Kier alpha value is -1.42. The van der Waals surface area contributed by atoms with Gasteiger partial charge >= 0.3 is 18.7 Å². The van der Waals surface area contributed by atoms with Crippen molar-refractivity contribution >= 4 is 0 Å². The summed E-state index contributed by atoms with van der Waals surface area (Å²) in [6.07, 6.45) is 0. The molecule has 0 spiro atoms. The van der Waals surface area contributed by atoms with E-state index in [0.717, 1.165) is 0 Å². The second kappa shape index (κ2) is 5.58. The summed E-state index contributed by atoms with van der Waals surface area (Å²) < 4.78 is 0. The summed E-state index contributed by atoms with van der Waals surface area (Å²) in [5.74, 6) is 0. The summed E-state index contributed by atoms with van der Waals surface area (Å²) in [5, 5.41) is 13.5. The van der Waals surface area contributed by atoms with Crippen molar-refractivity contribution in [2.24, 2.45) is 0 Å². The van der Waals surface area contributed by atoms with Crippen molar-refractivity contribution in [2.45, 2.75) is 6.92 Å². The maximum absolute atomic E-state index is 7.74. The zero-order chi connectivity index (χ0) is 6.24. The van der Waals surface area contributed by atoms with Crippen molar-refractivity contribution in [1.29, 1.82) is 0 Å². The molecular weight excluding hydrogens is 108 g/mol. The molecule has 0 heterocycles. The number of hydrogen-bond donors (Lipinski definition) is 1. The Morgan fingerprint density at radius 3 is 3.00 bits per heavy atom. The Labute approximate surface area is 46.9 Å². The molecule has 0 saturated heterocycles. The van der Waals surface area contributed by atoms with Gasteiger partial charge in [-0.05, 0) is 0 Å². The fourth-order valence-corrected chi connectivity index (χ4v) is 0.155. The average molecular weight is 114 g/mol. The fourth-order valence-electron chi connectivity index (χ4n) is 0.155. The van der Waals surface area contributed by atoms with E-state index in [-0.39, 0.29) is 6.61 Å². The van der Waals surface area contributed by atoms with E-state index in [9.17, 15) is 0 Å². The lowest BCUT2D eigenvalue weighted by Gasteiger charge is -1.57. The minimum absolute atomic E-state index is 0.0529. The van der Waals surface area contributed by atoms with E-state index in [2.05, 4.69) is 27.0 Å². The zero-order valence-corrected chi connectivity index (χ0v) is 4.46. The molecule has 0 fully saturated rings. The first-order valence-electron chi connectivity index (χ1n) is 1.97. The summed E-state index contributed by atoms with van der Waals surface area (Å²) in [7, 11) is 0. The lowest BCUT2D eigenvalue weighted by molar-refractivity contribution is 0.287. The maximum Gasteiger partial charge on any atom is 0.400 e. The van der Waals surface area contributed by atoms with Gasteiger partial charge < -0.3 is 0 Å². The predicted molar refractivity (Wildman–Crippen MR) is 27.9 cm³/mol. The standard InChI is InChI=1S/C4H5N2O2/c1-2-6-8-4-3-5-7/h4H2,1H3/q+1/p+1. The largest absolute Gasteiger partial charge is 0.400 e. The zero-order valence-electron chi connectivity index (χ0n) is 4.46. The molecule has 4 heteroatoms. The van der Waals surface area contributed by atoms with E-state index in [1.807, 2.05) is 0 Å².